The van der Waals surface area contributed by atoms with Gasteiger partial charge in [-0.25, -0.2) is 9.59 Å². The van der Waals surface area contributed by atoms with E-state index in [4.69, 9.17) is 11.5 Å². The van der Waals surface area contributed by atoms with E-state index in [1.54, 1.807) is 0 Å². The molecule has 1 atom stereocenters. The summed E-state index contributed by atoms with van der Waals surface area (Å²) in [7, 11) is 0. The van der Waals surface area contributed by atoms with E-state index in [0.717, 1.165) is 39.6 Å². The molecule has 0 aliphatic rings. The Kier molecular flexibility index (Phi) is 10.2. The number of allylic oxidation sites excluding steroid dienone is 1. The molecule has 0 aliphatic carbocycles. The van der Waals surface area contributed by atoms with Crippen LogP contribution in [0.4, 0.5) is 38.0 Å². The highest BCUT2D eigenvalue weighted by Crippen LogP contribution is 2.39. The molecule has 0 aliphatic heterocycles. The fourth-order valence-electron chi connectivity index (χ4n) is 4.99. The predicted octanol–water partition coefficient (Wildman–Crippen LogP) is 5.72. The van der Waals surface area contributed by atoms with E-state index in [2.05, 4.69) is 36.2 Å². The van der Waals surface area contributed by atoms with Crippen molar-refractivity contribution in [1.29, 1.82) is 0 Å². The maximum absolute atomic E-state index is 14.7. The van der Waals surface area contributed by atoms with Crippen molar-refractivity contribution in [1.82, 2.24) is 29.4 Å². The number of nitrogens with zero attached hydrogens (tertiary/aromatic N) is 5. The molecule has 3 heterocycles. The zero-order chi connectivity index (χ0) is 37.2. The minimum atomic E-state index is -4.86. The molecular weight excluding hydrogens is 750 g/mol. The van der Waals surface area contributed by atoms with Gasteiger partial charge in [0.15, 0.2) is 0 Å². The van der Waals surface area contributed by atoms with E-state index >= 15 is 0 Å². The van der Waals surface area contributed by atoms with Crippen LogP contribution in [0.3, 0.4) is 0 Å². The molecule has 264 valence electrons. The Hall–Kier alpha value is -5.78. The van der Waals surface area contributed by atoms with Gasteiger partial charge in [0.05, 0.1) is 22.9 Å². The quantitative estimate of drug-likeness (QED) is 0.169. The number of nitrogens with two attached hydrogens (primary N) is 2. The smallest absolute Gasteiger partial charge is 0.383 e. The van der Waals surface area contributed by atoms with E-state index in [1.165, 1.54) is 61.8 Å². The molecule has 3 aromatic heterocycles. The first-order valence-electron chi connectivity index (χ1n) is 14.6. The number of pyridine rings is 1. The second-order valence-corrected chi connectivity index (χ2v) is 11.9. The average molecular weight is 776 g/mol. The number of halogens is 7. The predicted molar refractivity (Wildman–Crippen MR) is 179 cm³/mol. The molecule has 1 unspecified atom stereocenters. The Morgan fingerprint density at radius 3 is 1.96 bits per heavy atom. The van der Waals surface area contributed by atoms with Crippen molar-refractivity contribution >= 4 is 39.5 Å². The topological polar surface area (TPSA) is 164 Å². The van der Waals surface area contributed by atoms with Crippen LogP contribution < -0.4 is 28.2 Å². The van der Waals surface area contributed by atoms with Gasteiger partial charge in [0.1, 0.15) is 17.3 Å². The molecule has 18 heteroatoms. The number of nitrogens with one attached hydrogen (secondary N) is 1. The van der Waals surface area contributed by atoms with Crippen LogP contribution in [0.1, 0.15) is 44.2 Å². The molecule has 0 bridgehead atoms. The number of alkyl halides is 6. The van der Waals surface area contributed by atoms with Crippen molar-refractivity contribution in [2.45, 2.75) is 31.7 Å². The zero-order valence-corrected chi connectivity index (χ0v) is 27.7. The number of aromatic nitrogens is 5. The van der Waals surface area contributed by atoms with Gasteiger partial charge in [0, 0.05) is 29.6 Å². The lowest BCUT2D eigenvalue weighted by Gasteiger charge is -2.22. The molecule has 11 nitrogen and oxygen atoms in total. The van der Waals surface area contributed by atoms with E-state index in [-0.39, 0.29) is 56.3 Å². The van der Waals surface area contributed by atoms with Crippen molar-refractivity contribution in [3.05, 3.63) is 138 Å². The minimum absolute atomic E-state index is 0.00318. The first kappa shape index (κ1) is 36.5. The summed E-state index contributed by atoms with van der Waals surface area (Å²) in [6.07, 6.45) is -3.92. The van der Waals surface area contributed by atoms with Crippen LogP contribution in [0.15, 0.2) is 93.3 Å². The summed E-state index contributed by atoms with van der Waals surface area (Å²) >= 11 is 3.25. The van der Waals surface area contributed by atoms with Crippen molar-refractivity contribution in [2.75, 3.05) is 11.5 Å². The molecule has 5 aromatic rings. The molecule has 2 aromatic carbocycles. The minimum Gasteiger partial charge on any atom is -0.383 e. The summed E-state index contributed by atoms with van der Waals surface area (Å²) < 4.78 is 84.7. The van der Waals surface area contributed by atoms with Crippen LogP contribution >= 0.6 is 15.9 Å². The van der Waals surface area contributed by atoms with Crippen LogP contribution in [0.25, 0.3) is 17.5 Å². The summed E-state index contributed by atoms with van der Waals surface area (Å²) in [5.74, 6) is -3.08. The SMILES string of the molecule is Cc1c(-n2ccc(N)nc2=O)cc(C(/C=C/c2ccc(C(=O)NCc3ccc(C(F)(F)F)nc3)c(Br)c2)C(F)(F)F)cc1-n1ccc(N)nc1=O. The maximum atomic E-state index is 14.7. The molecule has 0 spiro atoms. The number of benzene rings is 2. The van der Waals surface area contributed by atoms with Crippen molar-refractivity contribution in [3.63, 3.8) is 0 Å². The first-order chi connectivity index (χ1) is 23.9. The van der Waals surface area contributed by atoms with Gasteiger partial charge in [0.25, 0.3) is 5.91 Å². The number of carbonyl (C=O) groups excluding carboxylic acids is 1. The number of rotatable bonds is 8. The van der Waals surface area contributed by atoms with Crippen LogP contribution in [0.5, 0.6) is 0 Å². The highest BCUT2D eigenvalue weighted by Gasteiger charge is 2.40. The fraction of sp³-hybridized carbons (Fsp3) is 0.152. The lowest BCUT2D eigenvalue weighted by atomic mass is 9.93. The van der Waals surface area contributed by atoms with Crippen molar-refractivity contribution in [2.24, 2.45) is 0 Å². The number of nitrogen functional groups attached to an aromatic ring is 2. The lowest BCUT2D eigenvalue weighted by Crippen LogP contribution is -2.26. The molecule has 0 saturated carbocycles. The zero-order valence-electron chi connectivity index (χ0n) is 26.1. The second-order valence-electron chi connectivity index (χ2n) is 11.0. The summed E-state index contributed by atoms with van der Waals surface area (Å²) in [5, 5.41) is 2.55. The molecule has 0 saturated heterocycles. The van der Waals surface area contributed by atoms with Gasteiger partial charge in [-0.15, -0.1) is 0 Å². The highest BCUT2D eigenvalue weighted by molar-refractivity contribution is 9.10. The third-order valence-corrected chi connectivity index (χ3v) is 8.20. The van der Waals surface area contributed by atoms with Gasteiger partial charge < -0.3 is 16.8 Å². The Morgan fingerprint density at radius 1 is 0.902 bits per heavy atom. The second kappa shape index (κ2) is 14.2. The lowest BCUT2D eigenvalue weighted by molar-refractivity contribution is -0.141. The largest absolute Gasteiger partial charge is 0.433 e. The van der Waals surface area contributed by atoms with Crippen LogP contribution in [0, 0.1) is 6.92 Å². The highest BCUT2D eigenvalue weighted by atomic mass is 79.9. The van der Waals surface area contributed by atoms with E-state index < -0.39 is 41.3 Å². The van der Waals surface area contributed by atoms with Gasteiger partial charge in [0.2, 0.25) is 0 Å². The summed E-state index contributed by atoms with van der Waals surface area (Å²) in [5.41, 5.74) is 9.00. The Morgan fingerprint density at radius 2 is 1.49 bits per heavy atom. The van der Waals surface area contributed by atoms with Crippen LogP contribution in [-0.2, 0) is 12.7 Å². The number of anilines is 2. The monoisotopic (exact) mass is 774 g/mol. The number of hydrogen-bond acceptors (Lipinski definition) is 8. The van der Waals surface area contributed by atoms with Gasteiger partial charge in [-0.3, -0.25) is 18.9 Å². The standard InChI is InChI=1S/C33H25BrF6N8O3/c1-17-24(47-10-8-27(41)45-30(47)50)13-20(14-25(17)48-11-9-28(42)46-31(48)51)22(32(35,36)37)6-3-18-2-5-21(23(34)12-18)29(49)44-16-19-4-7-26(43-15-19)33(38,39)40/h2-15,22H,16H2,1H3,(H,44,49)(H2,41,45,50)(H2,42,46,51)/b6-3+. The molecule has 5 rings (SSSR count). The third-order valence-electron chi connectivity index (χ3n) is 7.54. The first-order valence-corrected chi connectivity index (χ1v) is 15.4. The Bertz CT molecular complexity index is 2190. The Balaban J connectivity index is 1.48. The molecular formula is C33H25BrF6N8O3. The fourth-order valence-corrected chi connectivity index (χ4v) is 5.57. The number of hydrogen-bond donors (Lipinski definition) is 3. The van der Waals surface area contributed by atoms with Crippen LogP contribution in [0.2, 0.25) is 0 Å². The summed E-state index contributed by atoms with van der Waals surface area (Å²) in [4.78, 5) is 49.0. The maximum Gasteiger partial charge on any atom is 0.433 e. The normalized spacial score (nSPS) is 12.6. The number of amides is 1. The van der Waals surface area contributed by atoms with E-state index in [1.807, 2.05) is 0 Å². The molecule has 5 N–H and O–H groups in total. The summed E-state index contributed by atoms with van der Waals surface area (Å²) in [6.45, 7) is 1.37. The average Bonchev–Trinajstić information content (AvgIpc) is 3.04. The molecule has 1 amide bonds. The van der Waals surface area contributed by atoms with Crippen molar-refractivity contribution in [3.8, 4) is 11.4 Å². The Labute approximate surface area is 292 Å². The van der Waals surface area contributed by atoms with Gasteiger partial charge in [-0.1, -0.05) is 24.3 Å². The molecule has 51 heavy (non-hydrogen) atoms. The molecule has 0 fully saturated rings. The molecule has 0 radical (unpaired) electrons. The van der Waals surface area contributed by atoms with Crippen molar-refractivity contribution < 1.29 is 31.1 Å². The summed E-state index contributed by atoms with van der Waals surface area (Å²) in [6, 6.07) is 11.0. The van der Waals surface area contributed by atoms with Gasteiger partial charge >= 0.3 is 23.7 Å². The van der Waals surface area contributed by atoms with Gasteiger partial charge in [-0.05, 0) is 87.6 Å². The van der Waals surface area contributed by atoms with Crippen LogP contribution in [-0.4, -0.2) is 36.2 Å². The third kappa shape index (κ3) is 8.34. The van der Waals surface area contributed by atoms with E-state index in [0.29, 0.717) is 5.56 Å². The van der Waals surface area contributed by atoms with E-state index in [9.17, 15) is 40.7 Å². The van der Waals surface area contributed by atoms with Gasteiger partial charge in [-0.2, -0.15) is 36.3 Å². The number of carbonyl (C=O) groups is 1.